The fraction of sp³-hybridized carbons (Fsp3) is 0.286. The molecule has 4 nitrogen and oxygen atoms in total. The molecule has 20 heavy (non-hydrogen) atoms. The molecule has 0 bridgehead atoms. The highest BCUT2D eigenvalue weighted by molar-refractivity contribution is 6.31. The largest absolute Gasteiger partial charge is 0.465 e. The maximum atomic E-state index is 13.7. The third-order valence-corrected chi connectivity index (χ3v) is 2.66. The molecule has 0 unspecified atom stereocenters. The predicted molar refractivity (Wildman–Crippen MR) is 74.1 cm³/mol. The van der Waals surface area contributed by atoms with Crippen molar-refractivity contribution in [2.24, 2.45) is 0 Å². The van der Waals surface area contributed by atoms with E-state index in [9.17, 15) is 14.0 Å². The topological polar surface area (TPSA) is 46.6 Å². The van der Waals surface area contributed by atoms with Crippen LogP contribution in [0.5, 0.6) is 0 Å². The minimum absolute atomic E-state index is 0.101. The minimum atomic E-state index is -0.697. The molecule has 0 saturated heterocycles. The van der Waals surface area contributed by atoms with Crippen LogP contribution in [-0.4, -0.2) is 36.5 Å². The Morgan fingerprint density at radius 2 is 2.20 bits per heavy atom. The van der Waals surface area contributed by atoms with E-state index in [2.05, 4.69) is 6.58 Å². The van der Waals surface area contributed by atoms with Gasteiger partial charge in [-0.25, -0.2) is 4.39 Å². The van der Waals surface area contributed by atoms with Crippen LogP contribution in [-0.2, 0) is 9.53 Å². The van der Waals surface area contributed by atoms with Crippen molar-refractivity contribution in [2.75, 3.05) is 19.7 Å². The highest BCUT2D eigenvalue weighted by atomic mass is 35.5. The van der Waals surface area contributed by atoms with Crippen LogP contribution in [0, 0.1) is 5.82 Å². The molecule has 1 rings (SSSR count). The molecule has 0 fully saturated rings. The summed E-state index contributed by atoms with van der Waals surface area (Å²) in [6.45, 7) is 5.20. The number of carbonyl (C=O) groups excluding carboxylic acids is 2. The van der Waals surface area contributed by atoms with Crippen LogP contribution in [0.3, 0.4) is 0 Å². The minimum Gasteiger partial charge on any atom is -0.465 e. The molecular formula is C14H15ClFNO3. The van der Waals surface area contributed by atoms with Crippen molar-refractivity contribution in [3.8, 4) is 0 Å². The molecule has 0 heterocycles. The second-order valence-electron chi connectivity index (χ2n) is 3.90. The Labute approximate surface area is 121 Å². The van der Waals surface area contributed by atoms with Crippen molar-refractivity contribution in [3.63, 3.8) is 0 Å². The summed E-state index contributed by atoms with van der Waals surface area (Å²) in [4.78, 5) is 24.8. The first kappa shape index (κ1) is 16.2. The zero-order chi connectivity index (χ0) is 15.1. The third kappa shape index (κ3) is 4.35. The lowest BCUT2D eigenvalue weighted by Gasteiger charge is -2.20. The number of hydrogen-bond donors (Lipinski definition) is 0. The standard InChI is InChI=1S/C14H15ClFNO3/c1-3-7-17(9-13(18)20-4-2)14(19)11-8-10(15)5-6-12(11)16/h3,5-6,8H,1,4,7,9H2,2H3. The molecule has 0 atom stereocenters. The van der Waals surface area contributed by atoms with Crippen molar-refractivity contribution in [2.45, 2.75) is 6.92 Å². The van der Waals surface area contributed by atoms with Gasteiger partial charge in [-0.05, 0) is 25.1 Å². The number of carbonyl (C=O) groups is 2. The number of benzene rings is 1. The maximum Gasteiger partial charge on any atom is 0.325 e. The van der Waals surface area contributed by atoms with Crippen molar-refractivity contribution in [3.05, 3.63) is 47.3 Å². The molecule has 0 N–H and O–H groups in total. The fourth-order valence-electron chi connectivity index (χ4n) is 1.57. The van der Waals surface area contributed by atoms with Gasteiger partial charge in [-0.3, -0.25) is 9.59 Å². The molecule has 0 aliphatic rings. The van der Waals surface area contributed by atoms with E-state index in [1.807, 2.05) is 0 Å². The van der Waals surface area contributed by atoms with Gasteiger partial charge in [-0.2, -0.15) is 0 Å². The second kappa shape index (κ2) is 7.65. The molecule has 0 saturated carbocycles. The lowest BCUT2D eigenvalue weighted by atomic mass is 10.2. The smallest absolute Gasteiger partial charge is 0.325 e. The first-order chi connectivity index (χ1) is 9.49. The van der Waals surface area contributed by atoms with E-state index < -0.39 is 17.7 Å². The number of hydrogen-bond acceptors (Lipinski definition) is 3. The summed E-state index contributed by atoms with van der Waals surface area (Å²) >= 11 is 5.75. The van der Waals surface area contributed by atoms with Gasteiger partial charge >= 0.3 is 5.97 Å². The fourth-order valence-corrected chi connectivity index (χ4v) is 1.74. The van der Waals surface area contributed by atoms with Crippen LogP contribution in [0.15, 0.2) is 30.9 Å². The van der Waals surface area contributed by atoms with Crippen LogP contribution in [0.4, 0.5) is 4.39 Å². The van der Waals surface area contributed by atoms with Gasteiger partial charge in [0.2, 0.25) is 0 Å². The van der Waals surface area contributed by atoms with Gasteiger partial charge in [0, 0.05) is 11.6 Å². The average molecular weight is 300 g/mol. The van der Waals surface area contributed by atoms with E-state index in [0.717, 1.165) is 11.0 Å². The molecule has 6 heteroatoms. The lowest BCUT2D eigenvalue weighted by molar-refractivity contribution is -0.143. The van der Waals surface area contributed by atoms with E-state index in [1.54, 1.807) is 6.92 Å². The average Bonchev–Trinajstić information content (AvgIpc) is 2.40. The van der Waals surface area contributed by atoms with Gasteiger partial charge in [0.05, 0.1) is 12.2 Å². The van der Waals surface area contributed by atoms with Crippen LogP contribution < -0.4 is 0 Å². The normalized spacial score (nSPS) is 9.95. The van der Waals surface area contributed by atoms with Gasteiger partial charge in [0.1, 0.15) is 12.4 Å². The predicted octanol–water partition coefficient (Wildman–Crippen LogP) is 2.67. The van der Waals surface area contributed by atoms with Gasteiger partial charge < -0.3 is 9.64 Å². The Bertz CT molecular complexity index is 519. The number of ether oxygens (including phenoxy) is 1. The summed E-state index contributed by atoms with van der Waals surface area (Å²) in [5.41, 5.74) is -0.191. The molecule has 0 aliphatic carbocycles. The van der Waals surface area contributed by atoms with Crippen LogP contribution in [0.2, 0.25) is 5.02 Å². The van der Waals surface area contributed by atoms with Gasteiger partial charge in [-0.1, -0.05) is 17.7 Å². The summed E-state index contributed by atoms with van der Waals surface area (Å²) < 4.78 is 18.4. The third-order valence-electron chi connectivity index (χ3n) is 2.42. The number of rotatable bonds is 6. The Morgan fingerprint density at radius 3 is 2.80 bits per heavy atom. The van der Waals surface area contributed by atoms with Crippen molar-refractivity contribution < 1.29 is 18.7 Å². The van der Waals surface area contributed by atoms with Gasteiger partial charge in [-0.15, -0.1) is 6.58 Å². The number of amides is 1. The van der Waals surface area contributed by atoms with Crippen LogP contribution in [0.25, 0.3) is 0 Å². The van der Waals surface area contributed by atoms with Crippen LogP contribution in [0.1, 0.15) is 17.3 Å². The molecule has 108 valence electrons. The highest BCUT2D eigenvalue weighted by Crippen LogP contribution is 2.16. The monoisotopic (exact) mass is 299 g/mol. The summed E-state index contributed by atoms with van der Waals surface area (Å²) in [6, 6.07) is 3.67. The molecule has 0 spiro atoms. The molecule has 1 aromatic carbocycles. The Kier molecular flexibility index (Phi) is 6.18. The molecular weight excluding hydrogens is 285 g/mol. The van der Waals surface area contributed by atoms with E-state index in [-0.39, 0.29) is 30.3 Å². The number of nitrogens with zero attached hydrogens (tertiary/aromatic N) is 1. The van der Waals surface area contributed by atoms with E-state index >= 15 is 0 Å². The second-order valence-corrected chi connectivity index (χ2v) is 4.34. The molecule has 1 amide bonds. The van der Waals surface area contributed by atoms with Crippen molar-refractivity contribution in [1.29, 1.82) is 0 Å². The molecule has 1 aromatic rings. The van der Waals surface area contributed by atoms with Crippen LogP contribution >= 0.6 is 11.6 Å². The zero-order valence-corrected chi connectivity index (χ0v) is 11.8. The van der Waals surface area contributed by atoms with E-state index in [0.29, 0.717) is 0 Å². The Hall–Kier alpha value is -1.88. The summed E-state index contributed by atoms with van der Waals surface area (Å²) in [5, 5.41) is 0.240. The first-order valence-corrected chi connectivity index (χ1v) is 6.38. The molecule has 0 aliphatic heterocycles. The molecule has 0 radical (unpaired) electrons. The van der Waals surface area contributed by atoms with E-state index in [4.69, 9.17) is 16.3 Å². The van der Waals surface area contributed by atoms with Crippen molar-refractivity contribution >= 4 is 23.5 Å². The van der Waals surface area contributed by atoms with Gasteiger partial charge in [0.15, 0.2) is 0 Å². The summed E-state index contributed by atoms with van der Waals surface area (Å²) in [5.74, 6) is -1.90. The van der Waals surface area contributed by atoms with Crippen molar-refractivity contribution in [1.82, 2.24) is 4.90 Å². The Morgan fingerprint density at radius 1 is 1.50 bits per heavy atom. The quantitative estimate of drug-likeness (QED) is 0.599. The summed E-state index contributed by atoms with van der Waals surface area (Å²) in [6.07, 6.45) is 1.44. The number of esters is 1. The first-order valence-electron chi connectivity index (χ1n) is 6.00. The SMILES string of the molecule is C=CCN(CC(=O)OCC)C(=O)c1cc(Cl)ccc1F. The maximum absolute atomic E-state index is 13.7. The highest BCUT2D eigenvalue weighted by Gasteiger charge is 2.21. The lowest BCUT2D eigenvalue weighted by Crippen LogP contribution is -2.37. The Balaban J connectivity index is 2.95. The molecule has 0 aromatic heterocycles. The number of halogens is 2. The van der Waals surface area contributed by atoms with E-state index in [1.165, 1.54) is 18.2 Å². The zero-order valence-electron chi connectivity index (χ0n) is 11.1. The van der Waals surface area contributed by atoms with Gasteiger partial charge in [0.25, 0.3) is 5.91 Å². The summed E-state index contributed by atoms with van der Waals surface area (Å²) in [7, 11) is 0.